The third-order valence-corrected chi connectivity index (χ3v) is 3.73. The lowest BCUT2D eigenvalue weighted by molar-refractivity contribution is 0.264. The standard InChI is InChI=1S/C17H16N6O3/c1-10-4-5-12(18-8-10)9-25-17-14(24-3)7-15-19-20-16(23(15)21-17)13-6-11(2)26-22-13/h4-8H,9H2,1-3H3. The minimum Gasteiger partial charge on any atom is -0.491 e. The number of hydrogen-bond acceptors (Lipinski definition) is 8. The molecule has 0 saturated carbocycles. The van der Waals surface area contributed by atoms with Gasteiger partial charge in [-0.3, -0.25) is 4.98 Å². The maximum absolute atomic E-state index is 5.81. The first-order valence-electron chi connectivity index (χ1n) is 7.92. The maximum Gasteiger partial charge on any atom is 0.275 e. The van der Waals surface area contributed by atoms with Crippen molar-refractivity contribution in [3.05, 3.63) is 47.5 Å². The Balaban J connectivity index is 1.69. The van der Waals surface area contributed by atoms with Crippen molar-refractivity contribution in [3.8, 4) is 23.1 Å². The molecule has 0 radical (unpaired) electrons. The largest absolute Gasteiger partial charge is 0.491 e. The highest BCUT2D eigenvalue weighted by Gasteiger charge is 2.17. The number of hydrogen-bond donors (Lipinski definition) is 0. The van der Waals surface area contributed by atoms with Crippen LogP contribution in [-0.4, -0.2) is 37.1 Å². The summed E-state index contributed by atoms with van der Waals surface area (Å²) in [5, 5.41) is 16.7. The number of aromatic nitrogens is 6. The van der Waals surface area contributed by atoms with Crippen LogP contribution >= 0.6 is 0 Å². The molecule has 0 saturated heterocycles. The second-order valence-electron chi connectivity index (χ2n) is 5.75. The first kappa shape index (κ1) is 16.0. The van der Waals surface area contributed by atoms with Gasteiger partial charge in [0.25, 0.3) is 5.88 Å². The van der Waals surface area contributed by atoms with E-state index in [1.54, 1.807) is 32.4 Å². The highest BCUT2D eigenvalue weighted by atomic mass is 16.5. The molecule has 0 amide bonds. The number of methoxy groups -OCH3 is 1. The lowest BCUT2D eigenvalue weighted by atomic mass is 10.3. The molecule has 26 heavy (non-hydrogen) atoms. The highest BCUT2D eigenvalue weighted by Crippen LogP contribution is 2.28. The van der Waals surface area contributed by atoms with Gasteiger partial charge in [-0.2, -0.15) is 4.52 Å². The number of fused-ring (bicyclic) bond motifs is 1. The summed E-state index contributed by atoms with van der Waals surface area (Å²) in [4.78, 5) is 4.32. The van der Waals surface area contributed by atoms with Gasteiger partial charge in [-0.1, -0.05) is 11.2 Å². The minimum absolute atomic E-state index is 0.260. The van der Waals surface area contributed by atoms with E-state index >= 15 is 0 Å². The Morgan fingerprint density at radius 1 is 1.15 bits per heavy atom. The lowest BCUT2D eigenvalue weighted by Crippen LogP contribution is -2.05. The molecule has 9 nitrogen and oxygen atoms in total. The normalized spacial score (nSPS) is 11.0. The van der Waals surface area contributed by atoms with Gasteiger partial charge in [-0.05, 0) is 25.5 Å². The van der Waals surface area contributed by atoms with Crippen LogP contribution in [0.5, 0.6) is 11.6 Å². The number of nitrogens with zero attached hydrogens (tertiary/aromatic N) is 6. The van der Waals surface area contributed by atoms with Crippen LogP contribution in [0.3, 0.4) is 0 Å². The molecule has 0 bridgehead atoms. The van der Waals surface area contributed by atoms with E-state index in [-0.39, 0.29) is 6.61 Å². The lowest BCUT2D eigenvalue weighted by Gasteiger charge is -2.09. The molecule has 0 fully saturated rings. The van der Waals surface area contributed by atoms with Crippen molar-refractivity contribution in [1.82, 2.24) is 30.0 Å². The van der Waals surface area contributed by atoms with Gasteiger partial charge in [0.15, 0.2) is 17.1 Å². The Morgan fingerprint density at radius 3 is 2.73 bits per heavy atom. The summed E-state index contributed by atoms with van der Waals surface area (Å²) in [5.41, 5.74) is 2.93. The molecule has 0 spiro atoms. The summed E-state index contributed by atoms with van der Waals surface area (Å²) in [6.07, 6.45) is 1.79. The summed E-state index contributed by atoms with van der Waals surface area (Å²) in [7, 11) is 1.54. The summed E-state index contributed by atoms with van der Waals surface area (Å²) < 4.78 is 17.8. The fourth-order valence-corrected chi connectivity index (χ4v) is 2.40. The molecule has 0 aliphatic rings. The number of ether oxygens (including phenoxy) is 2. The van der Waals surface area contributed by atoms with Crippen LogP contribution in [0, 0.1) is 13.8 Å². The first-order valence-corrected chi connectivity index (χ1v) is 7.92. The second kappa shape index (κ2) is 6.43. The zero-order valence-electron chi connectivity index (χ0n) is 14.5. The van der Waals surface area contributed by atoms with E-state index in [0.29, 0.717) is 34.6 Å². The van der Waals surface area contributed by atoms with Crippen LogP contribution in [0.1, 0.15) is 17.0 Å². The Hall–Kier alpha value is -3.49. The average molecular weight is 352 g/mol. The highest BCUT2D eigenvalue weighted by molar-refractivity contribution is 5.56. The molecule has 0 aliphatic heterocycles. The van der Waals surface area contributed by atoms with Crippen molar-refractivity contribution in [2.45, 2.75) is 20.5 Å². The Morgan fingerprint density at radius 2 is 2.04 bits per heavy atom. The topological polar surface area (TPSA) is 100 Å². The second-order valence-corrected chi connectivity index (χ2v) is 5.75. The van der Waals surface area contributed by atoms with Crippen molar-refractivity contribution >= 4 is 5.65 Å². The SMILES string of the molecule is COc1cc2nnc(-c3cc(C)on3)n2nc1OCc1ccc(C)cn1. The summed E-state index contributed by atoms with van der Waals surface area (Å²) in [6.45, 7) is 4.05. The number of aryl methyl sites for hydroxylation is 2. The Bertz CT molecular complexity index is 1050. The fourth-order valence-electron chi connectivity index (χ4n) is 2.40. The van der Waals surface area contributed by atoms with E-state index in [0.717, 1.165) is 11.3 Å². The zero-order chi connectivity index (χ0) is 18.1. The molecule has 4 rings (SSSR count). The van der Waals surface area contributed by atoms with Crippen LogP contribution < -0.4 is 9.47 Å². The predicted molar refractivity (Wildman–Crippen MR) is 90.9 cm³/mol. The molecule has 0 aliphatic carbocycles. The van der Waals surface area contributed by atoms with Gasteiger partial charge in [0.2, 0.25) is 5.82 Å². The quantitative estimate of drug-likeness (QED) is 0.540. The number of pyridine rings is 1. The van der Waals surface area contributed by atoms with Crippen LogP contribution in [0.25, 0.3) is 17.2 Å². The van der Waals surface area contributed by atoms with Gasteiger partial charge in [0, 0.05) is 18.3 Å². The molecule has 9 heteroatoms. The van der Waals surface area contributed by atoms with Crippen LogP contribution in [0.2, 0.25) is 0 Å². The molecular formula is C17H16N6O3. The monoisotopic (exact) mass is 352 g/mol. The van der Waals surface area contributed by atoms with E-state index in [2.05, 4.69) is 25.4 Å². The molecule has 0 atom stereocenters. The van der Waals surface area contributed by atoms with Crippen LogP contribution in [-0.2, 0) is 6.61 Å². The number of rotatable bonds is 5. The van der Waals surface area contributed by atoms with Crippen molar-refractivity contribution in [2.24, 2.45) is 0 Å². The smallest absolute Gasteiger partial charge is 0.275 e. The van der Waals surface area contributed by atoms with Gasteiger partial charge >= 0.3 is 0 Å². The predicted octanol–water partition coefficient (Wildman–Crippen LogP) is 2.38. The first-order chi connectivity index (χ1) is 12.6. The van der Waals surface area contributed by atoms with E-state index in [1.165, 1.54) is 4.52 Å². The van der Waals surface area contributed by atoms with Gasteiger partial charge in [0.05, 0.1) is 12.8 Å². The molecule has 132 valence electrons. The molecule has 0 N–H and O–H groups in total. The van der Waals surface area contributed by atoms with Gasteiger partial charge in [-0.25, -0.2) is 0 Å². The molecular weight excluding hydrogens is 336 g/mol. The summed E-state index contributed by atoms with van der Waals surface area (Å²) in [5.74, 6) is 1.90. The molecule has 0 aromatic carbocycles. The minimum atomic E-state index is 0.260. The van der Waals surface area contributed by atoms with Crippen molar-refractivity contribution in [2.75, 3.05) is 7.11 Å². The van der Waals surface area contributed by atoms with Gasteiger partial charge < -0.3 is 14.0 Å². The third-order valence-electron chi connectivity index (χ3n) is 3.73. The maximum atomic E-state index is 5.81. The molecule has 4 aromatic rings. The third kappa shape index (κ3) is 2.94. The fraction of sp³-hybridized carbons (Fsp3) is 0.235. The molecule has 4 heterocycles. The Labute approximate surface area is 148 Å². The Kier molecular flexibility index (Phi) is 3.96. The van der Waals surface area contributed by atoms with E-state index in [9.17, 15) is 0 Å². The zero-order valence-corrected chi connectivity index (χ0v) is 14.5. The van der Waals surface area contributed by atoms with Crippen molar-refractivity contribution in [1.29, 1.82) is 0 Å². The van der Waals surface area contributed by atoms with Gasteiger partial charge in [0.1, 0.15) is 12.4 Å². The molecule has 4 aromatic heterocycles. The summed E-state index contributed by atoms with van der Waals surface area (Å²) in [6, 6.07) is 7.35. The van der Waals surface area contributed by atoms with Crippen LogP contribution in [0.15, 0.2) is 35.0 Å². The average Bonchev–Trinajstić information content (AvgIpc) is 3.25. The van der Waals surface area contributed by atoms with Crippen molar-refractivity contribution < 1.29 is 14.0 Å². The van der Waals surface area contributed by atoms with E-state index < -0.39 is 0 Å². The van der Waals surface area contributed by atoms with Gasteiger partial charge in [-0.15, -0.1) is 15.3 Å². The van der Waals surface area contributed by atoms with Crippen LogP contribution in [0.4, 0.5) is 0 Å². The summed E-state index contributed by atoms with van der Waals surface area (Å²) >= 11 is 0. The van der Waals surface area contributed by atoms with E-state index in [4.69, 9.17) is 14.0 Å². The van der Waals surface area contributed by atoms with Crippen molar-refractivity contribution in [3.63, 3.8) is 0 Å². The van der Waals surface area contributed by atoms with E-state index in [1.807, 2.05) is 19.1 Å². The molecule has 0 unspecified atom stereocenters.